The van der Waals surface area contributed by atoms with E-state index >= 15 is 0 Å². The Morgan fingerprint density at radius 3 is 2.56 bits per heavy atom. The summed E-state index contributed by atoms with van der Waals surface area (Å²) in [5.41, 5.74) is 4.12. The van der Waals surface area contributed by atoms with E-state index in [1.807, 2.05) is 17.0 Å². The number of ether oxygens (including phenoxy) is 4. The molecule has 6 rings (SSSR count). The summed E-state index contributed by atoms with van der Waals surface area (Å²) in [6.45, 7) is 6.72. The molecule has 8 heteroatoms. The van der Waals surface area contributed by atoms with Crippen LogP contribution in [0.1, 0.15) is 58.3 Å². The summed E-state index contributed by atoms with van der Waals surface area (Å²) in [6, 6.07) is 18.4. The number of likely N-dealkylation sites (tertiary alicyclic amines) is 1. The molecular formula is C33H39N3O5. The van der Waals surface area contributed by atoms with Crippen LogP contribution in [0.15, 0.2) is 60.8 Å². The summed E-state index contributed by atoms with van der Waals surface area (Å²) in [6.07, 6.45) is 5.30. The molecule has 0 bridgehead atoms. The van der Waals surface area contributed by atoms with E-state index < -0.39 is 0 Å². The van der Waals surface area contributed by atoms with Crippen molar-refractivity contribution in [1.82, 2.24) is 14.8 Å². The van der Waals surface area contributed by atoms with E-state index in [0.717, 1.165) is 62.1 Å². The van der Waals surface area contributed by atoms with Crippen LogP contribution in [0.4, 0.5) is 0 Å². The van der Waals surface area contributed by atoms with Gasteiger partial charge in [0.25, 0.3) is 5.91 Å². The van der Waals surface area contributed by atoms with Crippen LogP contribution in [0.5, 0.6) is 17.2 Å². The van der Waals surface area contributed by atoms with Crippen LogP contribution in [0.3, 0.4) is 0 Å². The lowest BCUT2D eigenvalue weighted by atomic mass is 9.91. The Morgan fingerprint density at radius 2 is 1.76 bits per heavy atom. The largest absolute Gasteiger partial charge is 0.493 e. The van der Waals surface area contributed by atoms with Gasteiger partial charge in [0.05, 0.1) is 13.7 Å². The van der Waals surface area contributed by atoms with Crippen molar-refractivity contribution < 1.29 is 23.7 Å². The molecule has 0 atom stereocenters. The van der Waals surface area contributed by atoms with E-state index in [0.29, 0.717) is 43.5 Å². The Hall–Kier alpha value is -3.62. The first-order valence-corrected chi connectivity index (χ1v) is 14.7. The Kier molecular flexibility index (Phi) is 8.68. The van der Waals surface area contributed by atoms with Gasteiger partial charge in [-0.3, -0.25) is 14.7 Å². The van der Waals surface area contributed by atoms with E-state index in [1.54, 1.807) is 25.4 Å². The van der Waals surface area contributed by atoms with Gasteiger partial charge >= 0.3 is 0 Å². The normalized spacial score (nSPS) is 17.9. The number of carbonyl (C=O) groups excluding carboxylic acids is 1. The number of hydrogen-bond donors (Lipinski definition) is 0. The predicted molar refractivity (Wildman–Crippen MR) is 156 cm³/mol. The maximum absolute atomic E-state index is 13.1. The van der Waals surface area contributed by atoms with Gasteiger partial charge in [-0.15, -0.1) is 0 Å². The van der Waals surface area contributed by atoms with Gasteiger partial charge in [0, 0.05) is 57.5 Å². The van der Waals surface area contributed by atoms with Crippen molar-refractivity contribution in [2.24, 2.45) is 0 Å². The minimum absolute atomic E-state index is 0.0732. The Labute approximate surface area is 242 Å². The van der Waals surface area contributed by atoms with E-state index in [9.17, 15) is 4.79 Å². The third-order valence-electron chi connectivity index (χ3n) is 8.19. The first-order chi connectivity index (χ1) is 20.2. The lowest BCUT2D eigenvalue weighted by molar-refractivity contribution is 0.0595. The summed E-state index contributed by atoms with van der Waals surface area (Å²) in [5.74, 6) is 3.03. The molecule has 1 saturated carbocycles. The molecule has 1 amide bonds. The lowest BCUT2D eigenvalue weighted by Gasteiger charge is -2.39. The molecule has 2 aliphatic heterocycles. The van der Waals surface area contributed by atoms with Crippen LogP contribution in [0.25, 0.3) is 0 Å². The SMILES string of the molecule is COc1cc(C2CN(C(=O)c3cc(OCCN4CCCOCC4)ccn3)C2)ccc1OCc1ccc(C2CC2)cc1. The summed E-state index contributed by atoms with van der Waals surface area (Å²) < 4.78 is 23.2. The van der Waals surface area contributed by atoms with Gasteiger partial charge in [-0.1, -0.05) is 30.3 Å². The number of hydrogen-bond acceptors (Lipinski definition) is 7. The lowest BCUT2D eigenvalue weighted by Crippen LogP contribution is -2.48. The van der Waals surface area contributed by atoms with Crippen LogP contribution in [0, 0.1) is 0 Å². The first kappa shape index (κ1) is 27.5. The molecule has 1 aromatic heterocycles. The van der Waals surface area contributed by atoms with E-state index in [1.165, 1.54) is 18.4 Å². The average molecular weight is 558 g/mol. The highest BCUT2D eigenvalue weighted by atomic mass is 16.5. The van der Waals surface area contributed by atoms with Crippen LogP contribution >= 0.6 is 0 Å². The highest BCUT2D eigenvalue weighted by molar-refractivity contribution is 5.93. The molecule has 216 valence electrons. The summed E-state index contributed by atoms with van der Waals surface area (Å²) in [7, 11) is 1.66. The number of methoxy groups -OCH3 is 1. The molecular weight excluding hydrogens is 518 g/mol. The number of pyridine rings is 1. The van der Waals surface area contributed by atoms with Crippen LogP contribution in [-0.4, -0.2) is 80.3 Å². The van der Waals surface area contributed by atoms with Gasteiger partial charge in [-0.2, -0.15) is 0 Å². The molecule has 41 heavy (non-hydrogen) atoms. The summed E-state index contributed by atoms with van der Waals surface area (Å²) >= 11 is 0. The van der Waals surface area contributed by atoms with Crippen molar-refractivity contribution in [1.29, 1.82) is 0 Å². The molecule has 3 fully saturated rings. The number of aromatic nitrogens is 1. The maximum atomic E-state index is 13.1. The predicted octanol–water partition coefficient (Wildman–Crippen LogP) is 4.89. The fourth-order valence-electron chi connectivity index (χ4n) is 5.47. The summed E-state index contributed by atoms with van der Waals surface area (Å²) in [5, 5.41) is 0. The van der Waals surface area contributed by atoms with Gasteiger partial charge in [-0.25, -0.2) is 0 Å². The second kappa shape index (κ2) is 12.9. The third-order valence-corrected chi connectivity index (χ3v) is 8.19. The standard InChI is InChI=1S/C33H39N3O5/c1-38-32-19-27(9-10-31(32)41-23-24-3-5-25(6-4-24)26-7-8-26)28-21-36(22-28)33(37)30-20-29(11-12-34-30)40-18-15-35-13-2-16-39-17-14-35/h3-6,9-12,19-20,26,28H,2,7-8,13-18,21-23H2,1H3. The fraction of sp³-hybridized carbons (Fsp3) is 0.455. The molecule has 8 nitrogen and oxygen atoms in total. The average Bonchev–Trinajstić information content (AvgIpc) is 3.85. The van der Waals surface area contributed by atoms with Gasteiger partial charge in [0.1, 0.15) is 24.7 Å². The van der Waals surface area contributed by atoms with Gasteiger partial charge in [-0.05, 0) is 60.1 Å². The number of benzene rings is 2. The molecule has 0 unspecified atom stereocenters. The highest BCUT2D eigenvalue weighted by Crippen LogP contribution is 2.40. The zero-order chi connectivity index (χ0) is 28.0. The molecule has 0 spiro atoms. The molecule has 2 saturated heterocycles. The van der Waals surface area contributed by atoms with Gasteiger partial charge in [0.15, 0.2) is 11.5 Å². The van der Waals surface area contributed by atoms with Crippen molar-refractivity contribution in [3.8, 4) is 17.2 Å². The van der Waals surface area contributed by atoms with Crippen molar-refractivity contribution in [3.63, 3.8) is 0 Å². The van der Waals surface area contributed by atoms with Crippen molar-refractivity contribution >= 4 is 5.91 Å². The van der Waals surface area contributed by atoms with E-state index in [4.69, 9.17) is 18.9 Å². The first-order valence-electron chi connectivity index (χ1n) is 14.7. The Balaban J connectivity index is 0.989. The maximum Gasteiger partial charge on any atom is 0.272 e. The summed E-state index contributed by atoms with van der Waals surface area (Å²) in [4.78, 5) is 21.6. The quantitative estimate of drug-likeness (QED) is 0.333. The molecule has 3 aromatic rings. The molecule has 0 radical (unpaired) electrons. The number of nitrogens with zero attached hydrogens (tertiary/aromatic N) is 3. The van der Waals surface area contributed by atoms with Gasteiger partial charge in [0.2, 0.25) is 0 Å². The third kappa shape index (κ3) is 7.00. The Morgan fingerprint density at radius 1 is 0.927 bits per heavy atom. The minimum atomic E-state index is -0.0732. The molecule has 3 aliphatic rings. The van der Waals surface area contributed by atoms with Crippen LogP contribution < -0.4 is 14.2 Å². The number of carbonyl (C=O) groups is 1. The van der Waals surface area contributed by atoms with Crippen LogP contribution in [-0.2, 0) is 11.3 Å². The molecule has 0 N–H and O–H groups in total. The van der Waals surface area contributed by atoms with Crippen LogP contribution in [0.2, 0.25) is 0 Å². The molecule has 3 heterocycles. The van der Waals surface area contributed by atoms with E-state index in [-0.39, 0.29) is 11.8 Å². The number of rotatable bonds is 11. The molecule has 2 aromatic carbocycles. The van der Waals surface area contributed by atoms with E-state index in [2.05, 4.69) is 40.2 Å². The fourth-order valence-corrected chi connectivity index (χ4v) is 5.47. The smallest absolute Gasteiger partial charge is 0.272 e. The minimum Gasteiger partial charge on any atom is -0.493 e. The zero-order valence-corrected chi connectivity index (χ0v) is 23.8. The molecule has 1 aliphatic carbocycles. The Bertz CT molecular complexity index is 1310. The zero-order valence-electron chi connectivity index (χ0n) is 23.8. The van der Waals surface area contributed by atoms with Crippen molar-refractivity contribution in [2.75, 3.05) is 59.7 Å². The monoisotopic (exact) mass is 557 g/mol. The second-order valence-electron chi connectivity index (χ2n) is 11.2. The second-order valence-corrected chi connectivity index (χ2v) is 11.2. The topological polar surface area (TPSA) is 73.4 Å². The highest BCUT2D eigenvalue weighted by Gasteiger charge is 2.33. The van der Waals surface area contributed by atoms with Crippen molar-refractivity contribution in [2.45, 2.75) is 37.7 Å². The van der Waals surface area contributed by atoms with Gasteiger partial charge < -0.3 is 23.8 Å². The number of amides is 1. The van der Waals surface area contributed by atoms with Crippen molar-refractivity contribution in [3.05, 3.63) is 83.2 Å².